The molecule has 1 amide bonds. The second-order valence-electron chi connectivity index (χ2n) is 8.35. The van der Waals surface area contributed by atoms with Gasteiger partial charge in [0.15, 0.2) is 0 Å². The summed E-state index contributed by atoms with van der Waals surface area (Å²) >= 11 is 0. The lowest BCUT2D eigenvalue weighted by molar-refractivity contribution is 0.0746. The zero-order valence-electron chi connectivity index (χ0n) is 18.7. The summed E-state index contributed by atoms with van der Waals surface area (Å²) in [6.45, 7) is 2.82. The summed E-state index contributed by atoms with van der Waals surface area (Å²) in [6.07, 6.45) is 2.34. The number of benzene rings is 2. The number of piperazine rings is 1. The van der Waals surface area contributed by atoms with Crippen LogP contribution in [0.15, 0.2) is 82.5 Å². The number of aryl methyl sites for hydroxylation is 1. The molecule has 0 bridgehead atoms. The maximum Gasteiger partial charge on any atom is 0.328 e. The molecule has 0 saturated carbocycles. The van der Waals surface area contributed by atoms with Gasteiger partial charge in [0.05, 0.1) is 10.9 Å². The van der Waals surface area contributed by atoms with E-state index in [0.717, 1.165) is 11.4 Å². The molecule has 4 aromatic rings. The standard InChI is InChI=1S/C26H25N5O3/c32-24(30-16-14-29(15-17-30)23-8-4-5-12-27-23)20-9-10-21-22(18-20)28-26(34)31(25(21)33)13-11-19-6-2-1-3-7-19/h1-10,12,18H,11,13-17H2,(H,28,34). The summed E-state index contributed by atoms with van der Waals surface area (Å²) in [5.41, 5.74) is 1.07. The molecule has 1 aliphatic heterocycles. The van der Waals surface area contributed by atoms with Gasteiger partial charge in [-0.1, -0.05) is 36.4 Å². The highest BCUT2D eigenvalue weighted by molar-refractivity contribution is 5.97. The summed E-state index contributed by atoms with van der Waals surface area (Å²) in [6, 6.07) is 20.4. The van der Waals surface area contributed by atoms with E-state index in [0.29, 0.717) is 49.1 Å². The quantitative estimate of drug-likeness (QED) is 0.499. The summed E-state index contributed by atoms with van der Waals surface area (Å²) in [7, 11) is 0. The van der Waals surface area contributed by atoms with Crippen molar-refractivity contribution in [3.63, 3.8) is 0 Å². The number of aromatic nitrogens is 3. The zero-order valence-corrected chi connectivity index (χ0v) is 18.7. The summed E-state index contributed by atoms with van der Waals surface area (Å²) in [5.74, 6) is 0.790. The molecule has 2 aromatic heterocycles. The van der Waals surface area contributed by atoms with E-state index in [-0.39, 0.29) is 18.0 Å². The van der Waals surface area contributed by atoms with Gasteiger partial charge in [0.25, 0.3) is 11.5 Å². The van der Waals surface area contributed by atoms with Crippen molar-refractivity contribution in [1.29, 1.82) is 0 Å². The van der Waals surface area contributed by atoms with Crippen molar-refractivity contribution < 1.29 is 4.79 Å². The maximum atomic E-state index is 13.1. The lowest BCUT2D eigenvalue weighted by Gasteiger charge is -2.35. The van der Waals surface area contributed by atoms with Gasteiger partial charge in [-0.3, -0.25) is 14.2 Å². The number of nitrogens with one attached hydrogen (secondary N) is 1. The van der Waals surface area contributed by atoms with E-state index in [1.165, 1.54) is 4.57 Å². The number of fused-ring (bicyclic) bond motifs is 1. The molecule has 5 rings (SSSR count). The van der Waals surface area contributed by atoms with Gasteiger partial charge >= 0.3 is 5.69 Å². The molecule has 0 aliphatic carbocycles. The van der Waals surface area contributed by atoms with Crippen LogP contribution in [0.5, 0.6) is 0 Å². The second-order valence-corrected chi connectivity index (χ2v) is 8.35. The van der Waals surface area contributed by atoms with E-state index in [1.54, 1.807) is 29.3 Å². The van der Waals surface area contributed by atoms with E-state index < -0.39 is 5.69 Å². The fraction of sp³-hybridized carbons (Fsp3) is 0.231. The molecule has 34 heavy (non-hydrogen) atoms. The smallest absolute Gasteiger partial charge is 0.328 e. The Morgan fingerprint density at radius 3 is 2.41 bits per heavy atom. The second kappa shape index (κ2) is 9.35. The third-order valence-electron chi connectivity index (χ3n) is 6.24. The van der Waals surface area contributed by atoms with Gasteiger partial charge in [-0.25, -0.2) is 9.78 Å². The van der Waals surface area contributed by atoms with Crippen molar-refractivity contribution in [2.45, 2.75) is 13.0 Å². The van der Waals surface area contributed by atoms with E-state index in [2.05, 4.69) is 14.9 Å². The number of pyridine rings is 1. The zero-order chi connectivity index (χ0) is 23.5. The van der Waals surface area contributed by atoms with Gasteiger partial charge in [-0.05, 0) is 42.3 Å². The minimum Gasteiger partial charge on any atom is -0.353 e. The molecule has 0 unspecified atom stereocenters. The number of rotatable bonds is 5. The van der Waals surface area contributed by atoms with Crippen molar-refractivity contribution in [2.75, 3.05) is 31.1 Å². The van der Waals surface area contributed by atoms with Crippen molar-refractivity contribution in [1.82, 2.24) is 19.4 Å². The molecule has 1 N–H and O–H groups in total. The summed E-state index contributed by atoms with van der Waals surface area (Å²) < 4.78 is 1.22. The van der Waals surface area contributed by atoms with E-state index in [9.17, 15) is 14.4 Å². The first-order valence-corrected chi connectivity index (χ1v) is 11.4. The highest BCUT2D eigenvalue weighted by Crippen LogP contribution is 2.16. The molecule has 3 heterocycles. The van der Waals surface area contributed by atoms with Crippen LogP contribution in [0.3, 0.4) is 0 Å². The molecule has 8 heteroatoms. The number of aromatic amines is 1. The molecular weight excluding hydrogens is 430 g/mol. The van der Waals surface area contributed by atoms with Crippen molar-refractivity contribution in [3.05, 3.63) is 105 Å². The van der Waals surface area contributed by atoms with Gasteiger partial charge < -0.3 is 14.8 Å². The van der Waals surface area contributed by atoms with Gasteiger partial charge in [0.1, 0.15) is 5.82 Å². The Morgan fingerprint density at radius 2 is 1.68 bits per heavy atom. The number of carbonyl (C=O) groups is 1. The van der Waals surface area contributed by atoms with Crippen LogP contribution in [0.25, 0.3) is 10.9 Å². The molecule has 172 valence electrons. The molecule has 0 spiro atoms. The van der Waals surface area contributed by atoms with Crippen molar-refractivity contribution >= 4 is 22.6 Å². The molecular formula is C26H25N5O3. The molecule has 1 fully saturated rings. The van der Waals surface area contributed by atoms with E-state index in [4.69, 9.17) is 0 Å². The number of hydrogen-bond acceptors (Lipinski definition) is 5. The fourth-order valence-corrected chi connectivity index (χ4v) is 4.34. The van der Waals surface area contributed by atoms with E-state index in [1.807, 2.05) is 48.5 Å². The number of nitrogens with zero attached hydrogens (tertiary/aromatic N) is 4. The number of carbonyl (C=O) groups excluding carboxylic acids is 1. The van der Waals surface area contributed by atoms with Gasteiger partial charge in [-0.2, -0.15) is 0 Å². The number of amides is 1. The SMILES string of the molecule is O=C(c1ccc2c(=O)n(CCc3ccccc3)c(=O)[nH]c2c1)N1CCN(c2ccccn2)CC1. The van der Waals surface area contributed by atoms with Crippen LogP contribution >= 0.6 is 0 Å². The average Bonchev–Trinajstić information content (AvgIpc) is 2.89. The Labute approximate surface area is 196 Å². The van der Waals surface area contributed by atoms with Gasteiger partial charge in [0, 0.05) is 44.5 Å². The normalized spacial score (nSPS) is 13.9. The third-order valence-corrected chi connectivity index (χ3v) is 6.24. The predicted octanol–water partition coefficient (Wildman–Crippen LogP) is 2.29. The molecule has 0 atom stereocenters. The van der Waals surface area contributed by atoms with Crippen LogP contribution in [0, 0.1) is 0 Å². The van der Waals surface area contributed by atoms with Crippen LogP contribution in [-0.2, 0) is 13.0 Å². The van der Waals surface area contributed by atoms with Gasteiger partial charge in [-0.15, -0.1) is 0 Å². The topological polar surface area (TPSA) is 91.3 Å². The monoisotopic (exact) mass is 455 g/mol. The fourth-order valence-electron chi connectivity index (χ4n) is 4.34. The third kappa shape index (κ3) is 4.34. The van der Waals surface area contributed by atoms with Crippen LogP contribution in [-0.4, -0.2) is 51.5 Å². The average molecular weight is 456 g/mol. The van der Waals surface area contributed by atoms with Crippen LogP contribution in [0.1, 0.15) is 15.9 Å². The molecule has 2 aromatic carbocycles. The molecule has 0 radical (unpaired) electrons. The lowest BCUT2D eigenvalue weighted by Crippen LogP contribution is -2.49. The summed E-state index contributed by atoms with van der Waals surface area (Å²) in [5, 5.41) is 0.393. The van der Waals surface area contributed by atoms with Crippen LogP contribution < -0.4 is 16.1 Å². The lowest BCUT2D eigenvalue weighted by atomic mass is 10.1. The highest BCUT2D eigenvalue weighted by atomic mass is 16.2. The van der Waals surface area contributed by atoms with Gasteiger partial charge in [0.2, 0.25) is 0 Å². The Kier molecular flexibility index (Phi) is 5.95. The Morgan fingerprint density at radius 1 is 0.912 bits per heavy atom. The van der Waals surface area contributed by atoms with Crippen LogP contribution in [0.2, 0.25) is 0 Å². The highest BCUT2D eigenvalue weighted by Gasteiger charge is 2.23. The number of H-pyrrole nitrogens is 1. The minimum absolute atomic E-state index is 0.114. The predicted molar refractivity (Wildman–Crippen MR) is 131 cm³/mol. The Bertz CT molecular complexity index is 1420. The molecule has 8 nitrogen and oxygen atoms in total. The molecule has 1 saturated heterocycles. The van der Waals surface area contributed by atoms with Crippen LogP contribution in [0.4, 0.5) is 5.82 Å². The number of hydrogen-bond donors (Lipinski definition) is 1. The first-order valence-electron chi connectivity index (χ1n) is 11.4. The Hall–Kier alpha value is -4.20. The maximum absolute atomic E-state index is 13.1. The Balaban J connectivity index is 1.32. The summed E-state index contributed by atoms with van der Waals surface area (Å²) in [4.78, 5) is 49.8. The minimum atomic E-state index is -0.470. The van der Waals surface area contributed by atoms with E-state index >= 15 is 0 Å². The molecule has 1 aliphatic rings. The first-order chi connectivity index (χ1) is 16.6. The first kappa shape index (κ1) is 21.6. The van der Waals surface area contributed by atoms with Crippen molar-refractivity contribution in [3.8, 4) is 0 Å². The number of anilines is 1. The van der Waals surface area contributed by atoms with Crippen molar-refractivity contribution in [2.24, 2.45) is 0 Å². The largest absolute Gasteiger partial charge is 0.353 e.